The Morgan fingerprint density at radius 3 is 2.79 bits per heavy atom. The lowest BCUT2D eigenvalue weighted by molar-refractivity contribution is -0.119. The molecular weight excluding hydrogens is 438 g/mol. The van der Waals surface area contributed by atoms with Crippen LogP contribution in [0, 0.1) is 0 Å². The highest BCUT2D eigenvalue weighted by molar-refractivity contribution is 8.00. The van der Waals surface area contributed by atoms with Crippen LogP contribution in [0.5, 0.6) is 5.75 Å². The van der Waals surface area contributed by atoms with Crippen LogP contribution < -0.4 is 15.4 Å². The van der Waals surface area contributed by atoms with Crippen molar-refractivity contribution in [1.82, 2.24) is 15.2 Å². The van der Waals surface area contributed by atoms with E-state index in [1.54, 1.807) is 19.2 Å². The van der Waals surface area contributed by atoms with Crippen LogP contribution in [0.1, 0.15) is 23.2 Å². The summed E-state index contributed by atoms with van der Waals surface area (Å²) in [5.41, 5.74) is 1.59. The first-order valence-corrected chi connectivity index (χ1v) is 12.1. The van der Waals surface area contributed by atoms with Gasteiger partial charge in [0.15, 0.2) is 0 Å². The normalized spacial score (nSPS) is 15.5. The third-order valence-electron chi connectivity index (χ3n) is 5.65. The molecule has 4 rings (SSSR count). The lowest BCUT2D eigenvalue weighted by Crippen LogP contribution is -2.32. The van der Waals surface area contributed by atoms with Gasteiger partial charge in [-0.1, -0.05) is 30.3 Å². The molecule has 0 saturated carbocycles. The number of carbonyl (C=O) groups excluding carboxylic acids is 2. The minimum atomic E-state index is -0.165. The molecule has 0 spiro atoms. The van der Waals surface area contributed by atoms with Crippen LogP contribution in [-0.4, -0.2) is 55.0 Å². The monoisotopic (exact) mass is 467 g/mol. The zero-order valence-electron chi connectivity index (χ0n) is 18.7. The second-order valence-corrected chi connectivity index (χ2v) is 8.91. The Morgan fingerprint density at radius 1 is 1.15 bits per heavy atom. The Kier molecular flexibility index (Phi) is 7.91. The molecule has 0 bridgehead atoms. The van der Waals surface area contributed by atoms with E-state index in [1.807, 2.05) is 24.3 Å². The third-order valence-corrected chi connectivity index (χ3v) is 6.69. The summed E-state index contributed by atoms with van der Waals surface area (Å²) < 4.78 is 13.0. The third kappa shape index (κ3) is 5.89. The van der Waals surface area contributed by atoms with Crippen LogP contribution in [0.4, 0.5) is 0 Å². The molecule has 33 heavy (non-hydrogen) atoms. The maximum Gasteiger partial charge on any atom is 0.255 e. The second kappa shape index (κ2) is 11.2. The number of fused-ring (bicyclic) bond motifs is 1. The van der Waals surface area contributed by atoms with Crippen LogP contribution in [0.3, 0.4) is 0 Å². The molecule has 2 amide bonds. The molecule has 1 atom stereocenters. The summed E-state index contributed by atoms with van der Waals surface area (Å²) in [7, 11) is 1.56. The fraction of sp³-hybridized carbons (Fsp3) is 0.360. The lowest BCUT2D eigenvalue weighted by Gasteiger charge is -2.10. The van der Waals surface area contributed by atoms with E-state index in [2.05, 4.69) is 33.5 Å². The van der Waals surface area contributed by atoms with Crippen molar-refractivity contribution in [3.05, 3.63) is 60.3 Å². The van der Waals surface area contributed by atoms with Crippen molar-refractivity contribution >= 4 is 34.5 Å². The number of rotatable bonds is 10. The molecule has 1 aromatic heterocycles. The molecule has 0 radical (unpaired) electrons. The van der Waals surface area contributed by atoms with E-state index in [0.717, 1.165) is 35.2 Å². The molecule has 2 aromatic carbocycles. The zero-order chi connectivity index (χ0) is 23.0. The number of nitrogens with zero attached hydrogens (tertiary/aromatic N) is 1. The number of nitrogens with one attached hydrogen (secondary N) is 2. The minimum Gasteiger partial charge on any atom is -0.496 e. The zero-order valence-corrected chi connectivity index (χ0v) is 19.5. The van der Waals surface area contributed by atoms with Crippen LogP contribution in [0.25, 0.3) is 10.9 Å². The van der Waals surface area contributed by atoms with Gasteiger partial charge in [-0.2, -0.15) is 0 Å². The van der Waals surface area contributed by atoms with Crippen molar-refractivity contribution in [2.45, 2.75) is 30.4 Å². The van der Waals surface area contributed by atoms with Crippen molar-refractivity contribution in [1.29, 1.82) is 0 Å². The highest BCUT2D eigenvalue weighted by Crippen LogP contribution is 2.30. The van der Waals surface area contributed by atoms with Gasteiger partial charge < -0.3 is 24.7 Å². The van der Waals surface area contributed by atoms with Crippen molar-refractivity contribution in [2.24, 2.45) is 0 Å². The van der Waals surface area contributed by atoms with Gasteiger partial charge in [0.05, 0.1) is 24.5 Å². The Labute approximate surface area is 197 Å². The predicted molar refractivity (Wildman–Crippen MR) is 130 cm³/mol. The van der Waals surface area contributed by atoms with Crippen LogP contribution in [0.15, 0.2) is 59.6 Å². The number of hydrogen-bond acceptors (Lipinski definition) is 5. The summed E-state index contributed by atoms with van der Waals surface area (Å²) in [4.78, 5) is 25.9. The maximum absolute atomic E-state index is 12.6. The van der Waals surface area contributed by atoms with E-state index in [0.29, 0.717) is 36.7 Å². The van der Waals surface area contributed by atoms with E-state index in [-0.39, 0.29) is 17.9 Å². The molecule has 1 aliphatic heterocycles. The molecule has 174 valence electrons. The molecule has 1 aliphatic rings. The van der Waals surface area contributed by atoms with Gasteiger partial charge in [-0.05, 0) is 31.0 Å². The number of benzene rings is 2. The molecular formula is C25H29N3O4S. The van der Waals surface area contributed by atoms with Gasteiger partial charge in [0.1, 0.15) is 5.75 Å². The molecule has 2 N–H and O–H groups in total. The minimum absolute atomic E-state index is 0.0106. The first-order valence-electron chi connectivity index (χ1n) is 11.2. The number of thioether (sulfide) groups is 1. The summed E-state index contributed by atoms with van der Waals surface area (Å²) in [5.74, 6) is 0.751. The summed E-state index contributed by atoms with van der Waals surface area (Å²) in [6.45, 7) is 2.45. The number of hydrogen-bond donors (Lipinski definition) is 2. The van der Waals surface area contributed by atoms with Crippen molar-refractivity contribution in [3.63, 3.8) is 0 Å². The SMILES string of the molecule is COc1ccccc1C(=O)NCCn1cc(SCC(=O)NC[C@@H]2CCCO2)c2ccccc21. The molecule has 8 heteroatoms. The second-order valence-electron chi connectivity index (χ2n) is 7.89. The van der Waals surface area contributed by atoms with Gasteiger partial charge in [-0.15, -0.1) is 11.8 Å². The van der Waals surface area contributed by atoms with Crippen LogP contribution in [0.2, 0.25) is 0 Å². The van der Waals surface area contributed by atoms with Gasteiger partial charge in [-0.25, -0.2) is 0 Å². The first-order chi connectivity index (χ1) is 16.2. The highest BCUT2D eigenvalue weighted by Gasteiger charge is 2.17. The summed E-state index contributed by atoms with van der Waals surface area (Å²) in [5, 5.41) is 7.04. The Hall–Kier alpha value is -2.97. The average Bonchev–Trinajstić information content (AvgIpc) is 3.49. The largest absolute Gasteiger partial charge is 0.496 e. The topological polar surface area (TPSA) is 81.6 Å². The van der Waals surface area contributed by atoms with Gasteiger partial charge >= 0.3 is 0 Å². The van der Waals surface area contributed by atoms with Crippen molar-refractivity contribution in [3.8, 4) is 5.75 Å². The van der Waals surface area contributed by atoms with E-state index < -0.39 is 0 Å². The average molecular weight is 468 g/mol. The van der Waals surface area contributed by atoms with E-state index in [1.165, 1.54) is 11.8 Å². The van der Waals surface area contributed by atoms with Crippen LogP contribution in [-0.2, 0) is 16.1 Å². The number of ether oxygens (including phenoxy) is 2. The molecule has 0 aliphatic carbocycles. The molecule has 0 unspecified atom stereocenters. The Balaban J connectivity index is 1.34. The number of para-hydroxylation sites is 2. The summed E-state index contributed by atoms with van der Waals surface area (Å²) >= 11 is 1.53. The standard InChI is InChI=1S/C25H29N3O4S/c1-31-22-11-5-3-9-20(22)25(30)26-12-13-28-16-23(19-8-2-4-10-21(19)28)33-17-24(29)27-15-18-7-6-14-32-18/h2-5,8-11,16,18H,6-7,12-15,17H2,1H3,(H,26,30)(H,27,29)/t18-/m0/s1. The van der Waals surface area contributed by atoms with E-state index in [9.17, 15) is 9.59 Å². The van der Waals surface area contributed by atoms with E-state index in [4.69, 9.17) is 9.47 Å². The summed E-state index contributed by atoms with van der Waals surface area (Å²) in [6, 6.07) is 15.3. The fourth-order valence-electron chi connectivity index (χ4n) is 3.96. The van der Waals surface area contributed by atoms with Crippen LogP contribution >= 0.6 is 11.8 Å². The van der Waals surface area contributed by atoms with Gasteiger partial charge in [0.2, 0.25) is 5.91 Å². The Bertz CT molecular complexity index is 1110. The number of methoxy groups -OCH3 is 1. The maximum atomic E-state index is 12.6. The highest BCUT2D eigenvalue weighted by atomic mass is 32.2. The number of carbonyl (C=O) groups is 2. The molecule has 1 saturated heterocycles. The number of aromatic nitrogens is 1. The quantitative estimate of drug-likeness (QED) is 0.446. The predicted octanol–water partition coefficient (Wildman–Crippen LogP) is 3.47. The van der Waals surface area contributed by atoms with Gasteiger partial charge in [-0.3, -0.25) is 9.59 Å². The van der Waals surface area contributed by atoms with Crippen molar-refractivity contribution < 1.29 is 19.1 Å². The van der Waals surface area contributed by atoms with Gasteiger partial charge in [0.25, 0.3) is 5.91 Å². The first kappa shape index (κ1) is 23.2. The molecule has 3 aromatic rings. The molecule has 2 heterocycles. The Morgan fingerprint density at radius 2 is 1.97 bits per heavy atom. The summed E-state index contributed by atoms with van der Waals surface area (Å²) in [6.07, 6.45) is 4.27. The van der Waals surface area contributed by atoms with E-state index >= 15 is 0 Å². The molecule has 7 nitrogen and oxygen atoms in total. The fourth-order valence-corrected chi connectivity index (χ4v) is 4.88. The van der Waals surface area contributed by atoms with Crippen molar-refractivity contribution in [2.75, 3.05) is 32.6 Å². The van der Waals surface area contributed by atoms with Gasteiger partial charge in [0, 0.05) is 48.2 Å². The lowest BCUT2D eigenvalue weighted by atomic mass is 10.2. The smallest absolute Gasteiger partial charge is 0.255 e. The number of amides is 2. The molecule has 1 fully saturated rings.